The summed E-state index contributed by atoms with van der Waals surface area (Å²) >= 11 is 0. The van der Waals surface area contributed by atoms with E-state index in [9.17, 15) is 0 Å². The van der Waals surface area contributed by atoms with Gasteiger partial charge in [0, 0.05) is 74.0 Å². The van der Waals surface area contributed by atoms with Crippen molar-refractivity contribution in [3.8, 4) is 0 Å². The molecule has 0 saturated carbocycles. The molecule has 2 aliphatic heterocycles. The summed E-state index contributed by atoms with van der Waals surface area (Å²) in [7, 11) is 3.84. The van der Waals surface area contributed by atoms with Gasteiger partial charge in [0.2, 0.25) is 17.3 Å². The zero-order valence-electron chi connectivity index (χ0n) is 24.9. The Morgan fingerprint density at radius 2 is 1.02 bits per heavy atom. The fourth-order valence-corrected chi connectivity index (χ4v) is 7.75. The Balaban J connectivity index is 0.983. The molecule has 4 aromatic rings. The first-order valence-electron chi connectivity index (χ1n) is 15.6. The fourth-order valence-electron chi connectivity index (χ4n) is 5.80. The molecule has 6 rings (SSSR count). The highest BCUT2D eigenvalue weighted by atomic mass is 33.1. The fraction of sp³-hybridized carbons (Fsp3) is 0.297. The lowest BCUT2D eigenvalue weighted by Crippen LogP contribution is -2.37. The van der Waals surface area contributed by atoms with E-state index in [0.29, 0.717) is 0 Å². The molecule has 2 fully saturated rings. The minimum Gasteiger partial charge on any atom is -0.372 e. The van der Waals surface area contributed by atoms with Crippen molar-refractivity contribution < 1.29 is 9.13 Å². The van der Waals surface area contributed by atoms with Crippen molar-refractivity contribution in [2.75, 3.05) is 41.7 Å². The lowest BCUT2D eigenvalue weighted by molar-refractivity contribution is -0.694. The second-order valence-electron chi connectivity index (χ2n) is 11.2. The van der Waals surface area contributed by atoms with E-state index in [1.807, 2.05) is 21.6 Å². The van der Waals surface area contributed by atoms with Crippen LogP contribution in [0.3, 0.4) is 0 Å². The molecule has 0 atom stereocenters. The van der Waals surface area contributed by atoms with E-state index in [-0.39, 0.29) is 0 Å². The molecule has 0 amide bonds. The average molecular weight is 607 g/mol. The van der Waals surface area contributed by atoms with Gasteiger partial charge in [0.15, 0.2) is 18.9 Å². The molecule has 2 aliphatic rings. The summed E-state index contributed by atoms with van der Waals surface area (Å²) in [5.74, 6) is 1.96. The Kier molecular flexibility index (Phi) is 10.5. The summed E-state index contributed by atoms with van der Waals surface area (Å²) in [4.78, 5) is 4.97. The van der Waals surface area contributed by atoms with Crippen LogP contribution in [0.4, 0.5) is 11.4 Å². The van der Waals surface area contributed by atoms with E-state index in [0.717, 1.165) is 18.2 Å². The number of aryl methyl sites for hydroxylation is 1. The van der Waals surface area contributed by atoms with Crippen LogP contribution < -0.4 is 18.9 Å². The number of benzene rings is 2. The highest BCUT2D eigenvalue weighted by Crippen LogP contribution is 2.23. The minimum absolute atomic E-state index is 0.915. The summed E-state index contributed by atoms with van der Waals surface area (Å²) in [5.41, 5.74) is 7.62. The van der Waals surface area contributed by atoms with E-state index in [2.05, 4.69) is 141 Å². The van der Waals surface area contributed by atoms with Gasteiger partial charge >= 0.3 is 0 Å². The van der Waals surface area contributed by atoms with Crippen LogP contribution in [-0.2, 0) is 12.4 Å². The Bertz CT molecular complexity index is 1390. The minimum atomic E-state index is 0.915. The Hall–Kier alpha value is -3.48. The van der Waals surface area contributed by atoms with Crippen LogP contribution >= 0.6 is 21.6 Å². The standard InChI is InChI=1S/C37H42N4S2/c1-3-23-40(34(9-1)17-11-32-13-19-36(20-14-32)38-24-5-6-25-38)29-30-42-43-31-41-28-4-2-10-35(41)18-12-33-15-21-37(22-16-33)39-26-7-8-27-39/h1-4,9-23,28H,5-8,24-27,29-31H2/q+2. The van der Waals surface area contributed by atoms with Crippen LogP contribution in [0.25, 0.3) is 24.3 Å². The zero-order chi connectivity index (χ0) is 29.1. The number of rotatable bonds is 12. The van der Waals surface area contributed by atoms with Gasteiger partial charge in [0.05, 0.1) is 5.75 Å². The molecule has 0 unspecified atom stereocenters. The number of aromatic nitrogens is 2. The molecular formula is C37H42N4S2+2. The van der Waals surface area contributed by atoms with Gasteiger partial charge in [-0.25, -0.2) is 0 Å². The topological polar surface area (TPSA) is 14.2 Å². The molecule has 2 aromatic carbocycles. The number of hydrogen-bond donors (Lipinski definition) is 0. The van der Waals surface area contributed by atoms with Crippen molar-refractivity contribution in [3.63, 3.8) is 0 Å². The van der Waals surface area contributed by atoms with Crippen molar-refractivity contribution in [1.29, 1.82) is 0 Å². The summed E-state index contributed by atoms with van der Waals surface area (Å²) in [5, 5.41) is 0. The molecular weight excluding hydrogens is 565 g/mol. The largest absolute Gasteiger partial charge is 0.372 e. The maximum atomic E-state index is 2.48. The predicted molar refractivity (Wildman–Crippen MR) is 187 cm³/mol. The van der Waals surface area contributed by atoms with E-state index in [4.69, 9.17) is 0 Å². The lowest BCUT2D eigenvalue weighted by Gasteiger charge is -2.17. The highest BCUT2D eigenvalue weighted by molar-refractivity contribution is 8.76. The van der Waals surface area contributed by atoms with Crippen LogP contribution in [0.15, 0.2) is 97.3 Å². The van der Waals surface area contributed by atoms with Crippen molar-refractivity contribution in [1.82, 2.24) is 0 Å². The molecule has 6 heteroatoms. The first-order chi connectivity index (χ1) is 21.3. The highest BCUT2D eigenvalue weighted by Gasteiger charge is 2.13. The second kappa shape index (κ2) is 15.3. The van der Waals surface area contributed by atoms with Crippen LogP contribution in [0.5, 0.6) is 0 Å². The molecule has 0 bridgehead atoms. The van der Waals surface area contributed by atoms with E-state index in [1.54, 1.807) is 0 Å². The summed E-state index contributed by atoms with van der Waals surface area (Å²) in [6.45, 7) is 5.72. The van der Waals surface area contributed by atoms with Gasteiger partial charge in [-0.3, -0.25) is 0 Å². The summed E-state index contributed by atoms with van der Waals surface area (Å²) in [6, 6.07) is 30.9. The van der Waals surface area contributed by atoms with Gasteiger partial charge in [-0.1, -0.05) is 35.1 Å². The molecule has 2 saturated heterocycles. The molecule has 4 heterocycles. The molecule has 4 nitrogen and oxygen atoms in total. The van der Waals surface area contributed by atoms with Gasteiger partial charge in [0.1, 0.15) is 0 Å². The number of pyridine rings is 2. The Labute approximate surface area is 265 Å². The van der Waals surface area contributed by atoms with Gasteiger partial charge in [0.25, 0.3) is 0 Å². The monoisotopic (exact) mass is 606 g/mol. The smallest absolute Gasteiger partial charge is 0.205 e. The third-order valence-electron chi connectivity index (χ3n) is 8.26. The number of hydrogen-bond acceptors (Lipinski definition) is 4. The molecule has 0 radical (unpaired) electrons. The van der Waals surface area contributed by atoms with Gasteiger partial charge < -0.3 is 9.80 Å². The zero-order valence-corrected chi connectivity index (χ0v) is 26.6. The maximum absolute atomic E-state index is 2.48. The van der Waals surface area contributed by atoms with E-state index in [1.165, 1.54) is 85.8 Å². The van der Waals surface area contributed by atoms with E-state index >= 15 is 0 Å². The SMILES string of the molecule is C(=C\c1cccc[n+]1CCSSC[n+]1ccccc1/C=C/c1ccc(N2CCCC2)cc1)/c1ccc(N2CCCC2)cc1. The molecule has 2 aromatic heterocycles. The Morgan fingerprint density at radius 3 is 1.56 bits per heavy atom. The van der Waals surface area contributed by atoms with Crippen LogP contribution in [0.2, 0.25) is 0 Å². The van der Waals surface area contributed by atoms with Crippen LogP contribution in [-0.4, -0.2) is 31.9 Å². The maximum Gasteiger partial charge on any atom is 0.205 e. The van der Waals surface area contributed by atoms with Crippen molar-refractivity contribution in [2.24, 2.45) is 0 Å². The molecule has 0 N–H and O–H groups in total. The third kappa shape index (κ3) is 8.33. The predicted octanol–water partition coefficient (Wildman–Crippen LogP) is 7.84. The van der Waals surface area contributed by atoms with Gasteiger partial charge in [-0.05, 0) is 96.2 Å². The summed E-state index contributed by atoms with van der Waals surface area (Å²) in [6.07, 6.45) is 18.5. The van der Waals surface area contributed by atoms with Crippen LogP contribution in [0, 0.1) is 0 Å². The number of anilines is 2. The Morgan fingerprint density at radius 1 is 0.535 bits per heavy atom. The van der Waals surface area contributed by atoms with E-state index < -0.39 is 0 Å². The van der Waals surface area contributed by atoms with Crippen molar-refractivity contribution >= 4 is 57.3 Å². The molecule has 220 valence electrons. The van der Waals surface area contributed by atoms with Crippen molar-refractivity contribution in [2.45, 2.75) is 38.1 Å². The quantitative estimate of drug-likeness (QED) is 0.0926. The molecule has 0 spiro atoms. The first-order valence-corrected chi connectivity index (χ1v) is 18.1. The van der Waals surface area contributed by atoms with Gasteiger partial charge in [-0.2, -0.15) is 9.13 Å². The van der Waals surface area contributed by atoms with Crippen molar-refractivity contribution in [3.05, 3.63) is 120 Å². The first kappa shape index (κ1) is 29.6. The van der Waals surface area contributed by atoms with Gasteiger partial charge in [-0.15, -0.1) is 0 Å². The molecule has 43 heavy (non-hydrogen) atoms. The van der Waals surface area contributed by atoms with Crippen LogP contribution in [0.1, 0.15) is 48.2 Å². The summed E-state index contributed by atoms with van der Waals surface area (Å²) < 4.78 is 4.67. The normalized spacial score (nSPS) is 15.3. The third-order valence-corrected chi connectivity index (χ3v) is 10.5. The lowest BCUT2D eigenvalue weighted by atomic mass is 10.1. The molecule has 0 aliphatic carbocycles. The number of nitrogens with zero attached hydrogens (tertiary/aromatic N) is 4. The second-order valence-corrected chi connectivity index (χ2v) is 13.8. The average Bonchev–Trinajstić information content (AvgIpc) is 3.80.